The Balaban J connectivity index is 2.25. The third-order valence-corrected chi connectivity index (χ3v) is 6.30. The van der Waals surface area contributed by atoms with Crippen molar-refractivity contribution < 1.29 is 17.9 Å². The highest BCUT2D eigenvalue weighted by atomic mass is 32.2. The van der Waals surface area contributed by atoms with Crippen molar-refractivity contribution in [3.05, 3.63) is 48.0 Å². The Kier molecular flexibility index (Phi) is 6.69. The molecule has 0 unspecified atom stereocenters. The number of carbonyl (C=O) groups excluding carboxylic acids is 1. The quantitative estimate of drug-likeness (QED) is 0.730. The van der Waals surface area contributed by atoms with Crippen molar-refractivity contribution in [3.8, 4) is 5.75 Å². The van der Waals surface area contributed by atoms with Gasteiger partial charge in [0.05, 0.1) is 17.7 Å². The first-order valence-electron chi connectivity index (χ1n) is 7.83. The number of benzene rings is 2. The molecule has 6 nitrogen and oxygen atoms in total. The predicted octanol–water partition coefficient (Wildman–Crippen LogP) is 3.20. The molecule has 0 aromatic heterocycles. The predicted molar refractivity (Wildman–Crippen MR) is 104 cm³/mol. The van der Waals surface area contributed by atoms with Gasteiger partial charge < -0.3 is 10.1 Å². The van der Waals surface area contributed by atoms with E-state index in [1.54, 1.807) is 11.8 Å². The summed E-state index contributed by atoms with van der Waals surface area (Å²) in [5, 5.41) is 2.61. The van der Waals surface area contributed by atoms with Crippen LogP contribution in [-0.4, -0.2) is 39.0 Å². The van der Waals surface area contributed by atoms with Crippen molar-refractivity contribution in [2.75, 3.05) is 25.7 Å². The summed E-state index contributed by atoms with van der Waals surface area (Å²) in [5.74, 6) is 0.0312. The van der Waals surface area contributed by atoms with Crippen LogP contribution in [0.25, 0.3) is 0 Å². The summed E-state index contributed by atoms with van der Waals surface area (Å²) < 4.78 is 32.2. The third-order valence-electron chi connectivity index (χ3n) is 3.76. The molecule has 0 spiro atoms. The molecule has 8 heteroatoms. The average molecular weight is 395 g/mol. The highest BCUT2D eigenvalue weighted by Gasteiger charge is 2.22. The maximum Gasteiger partial charge on any atom is 0.243 e. The fraction of sp³-hybridized carbons (Fsp3) is 0.278. The zero-order chi connectivity index (χ0) is 19.3. The van der Waals surface area contributed by atoms with E-state index < -0.39 is 10.0 Å². The molecule has 0 fully saturated rings. The number of thioether (sulfide) groups is 1. The molecule has 0 aliphatic heterocycles. The van der Waals surface area contributed by atoms with E-state index in [-0.39, 0.29) is 17.3 Å². The van der Waals surface area contributed by atoms with E-state index in [0.29, 0.717) is 11.4 Å². The number of hydrogen-bond donors (Lipinski definition) is 1. The minimum atomic E-state index is -3.70. The van der Waals surface area contributed by atoms with Crippen LogP contribution in [0.15, 0.2) is 52.3 Å². The zero-order valence-electron chi connectivity index (χ0n) is 15.1. The van der Waals surface area contributed by atoms with Crippen LogP contribution in [-0.2, 0) is 21.4 Å². The lowest BCUT2D eigenvalue weighted by Crippen LogP contribution is -2.26. The number of rotatable bonds is 7. The molecular formula is C18H22N2O4S2. The fourth-order valence-electron chi connectivity index (χ4n) is 2.38. The van der Waals surface area contributed by atoms with Crippen LogP contribution in [0.1, 0.15) is 12.5 Å². The average Bonchev–Trinajstić information content (AvgIpc) is 2.62. The molecule has 0 saturated heterocycles. The molecule has 0 bridgehead atoms. The molecular weight excluding hydrogens is 372 g/mol. The molecule has 0 aliphatic carbocycles. The van der Waals surface area contributed by atoms with E-state index >= 15 is 0 Å². The van der Waals surface area contributed by atoms with Crippen LogP contribution < -0.4 is 10.1 Å². The summed E-state index contributed by atoms with van der Waals surface area (Å²) >= 11 is 1.63. The molecule has 2 aromatic carbocycles. The molecule has 26 heavy (non-hydrogen) atoms. The number of methoxy groups -OCH3 is 1. The summed E-state index contributed by atoms with van der Waals surface area (Å²) in [7, 11) is -0.737. The maximum atomic E-state index is 12.8. The van der Waals surface area contributed by atoms with Gasteiger partial charge in [-0.3, -0.25) is 4.79 Å². The number of nitrogens with one attached hydrogen (secondary N) is 1. The van der Waals surface area contributed by atoms with E-state index in [2.05, 4.69) is 5.32 Å². The zero-order valence-corrected chi connectivity index (χ0v) is 16.8. The molecule has 0 atom stereocenters. The lowest BCUT2D eigenvalue weighted by molar-refractivity contribution is -0.114. The molecule has 1 N–H and O–H groups in total. The van der Waals surface area contributed by atoms with Crippen molar-refractivity contribution in [1.29, 1.82) is 0 Å². The molecule has 2 aromatic rings. The molecule has 0 saturated carbocycles. The lowest BCUT2D eigenvalue weighted by Gasteiger charge is -2.19. The van der Waals surface area contributed by atoms with Crippen LogP contribution in [0.3, 0.4) is 0 Å². The lowest BCUT2D eigenvalue weighted by atomic mass is 10.2. The molecule has 140 valence electrons. The van der Waals surface area contributed by atoms with Crippen molar-refractivity contribution in [1.82, 2.24) is 4.31 Å². The summed E-state index contributed by atoms with van der Waals surface area (Å²) in [4.78, 5) is 12.5. The van der Waals surface area contributed by atoms with Crippen LogP contribution in [0, 0.1) is 0 Å². The van der Waals surface area contributed by atoms with Crippen molar-refractivity contribution in [2.45, 2.75) is 23.3 Å². The second kappa shape index (κ2) is 8.57. The van der Waals surface area contributed by atoms with Gasteiger partial charge in [-0.25, -0.2) is 8.42 Å². The van der Waals surface area contributed by atoms with E-state index in [4.69, 9.17) is 4.74 Å². The first-order chi connectivity index (χ1) is 12.3. The number of ether oxygens (including phenoxy) is 1. The Morgan fingerprint density at radius 1 is 1.19 bits per heavy atom. The Labute approximate surface area is 158 Å². The summed E-state index contributed by atoms with van der Waals surface area (Å²) in [6.45, 7) is 1.63. The number of nitrogens with zero attached hydrogens (tertiary/aromatic N) is 1. The topological polar surface area (TPSA) is 75.7 Å². The number of sulfonamides is 1. The normalized spacial score (nSPS) is 11.4. The van der Waals surface area contributed by atoms with Crippen molar-refractivity contribution in [3.63, 3.8) is 0 Å². The van der Waals surface area contributed by atoms with Gasteiger partial charge in [0.25, 0.3) is 0 Å². The molecule has 0 radical (unpaired) electrons. The van der Waals surface area contributed by atoms with Gasteiger partial charge in [-0.2, -0.15) is 4.31 Å². The van der Waals surface area contributed by atoms with Gasteiger partial charge in [-0.15, -0.1) is 11.8 Å². The smallest absolute Gasteiger partial charge is 0.243 e. The monoisotopic (exact) mass is 394 g/mol. The number of carbonyl (C=O) groups is 1. The molecule has 0 heterocycles. The van der Waals surface area contributed by atoms with Crippen LogP contribution in [0.4, 0.5) is 5.69 Å². The summed E-state index contributed by atoms with van der Waals surface area (Å²) in [6.07, 6.45) is 1.99. The van der Waals surface area contributed by atoms with Gasteiger partial charge in [-0.05, 0) is 36.1 Å². The second-order valence-electron chi connectivity index (χ2n) is 5.65. The Bertz CT molecular complexity index is 881. The van der Waals surface area contributed by atoms with Crippen LogP contribution in [0.5, 0.6) is 5.75 Å². The summed E-state index contributed by atoms with van der Waals surface area (Å²) in [6, 6.07) is 12.1. The van der Waals surface area contributed by atoms with Crippen molar-refractivity contribution in [2.24, 2.45) is 0 Å². The first-order valence-corrected chi connectivity index (χ1v) is 10.5. The van der Waals surface area contributed by atoms with Gasteiger partial charge in [0.1, 0.15) is 5.75 Å². The highest BCUT2D eigenvalue weighted by Crippen LogP contribution is 2.29. The SMILES string of the molecule is COc1cc(S(=O)(=O)N(C)Cc2ccc(SC)cc2)ccc1NC(C)=O. The van der Waals surface area contributed by atoms with Gasteiger partial charge in [-0.1, -0.05) is 12.1 Å². The Hall–Kier alpha value is -2.03. The molecule has 0 aliphatic rings. The van der Waals surface area contributed by atoms with Crippen LogP contribution >= 0.6 is 11.8 Å². The number of hydrogen-bond acceptors (Lipinski definition) is 5. The highest BCUT2D eigenvalue weighted by molar-refractivity contribution is 7.98. The van der Waals surface area contributed by atoms with E-state index in [1.165, 1.54) is 43.6 Å². The van der Waals surface area contributed by atoms with E-state index in [1.807, 2.05) is 30.5 Å². The van der Waals surface area contributed by atoms with Gasteiger partial charge in [0.15, 0.2) is 0 Å². The Morgan fingerprint density at radius 3 is 2.38 bits per heavy atom. The van der Waals surface area contributed by atoms with Gasteiger partial charge in [0.2, 0.25) is 15.9 Å². The van der Waals surface area contributed by atoms with Crippen molar-refractivity contribution >= 4 is 33.4 Å². The largest absolute Gasteiger partial charge is 0.495 e. The maximum absolute atomic E-state index is 12.8. The fourth-order valence-corrected chi connectivity index (χ4v) is 3.96. The van der Waals surface area contributed by atoms with E-state index in [9.17, 15) is 13.2 Å². The molecule has 1 amide bonds. The molecule has 2 rings (SSSR count). The standard InChI is InChI=1S/C18H22N2O4S2/c1-13(21)19-17-10-9-16(11-18(17)24-3)26(22,23)20(2)12-14-5-7-15(25-4)8-6-14/h5-11H,12H2,1-4H3,(H,19,21). The van der Waals surface area contributed by atoms with Gasteiger partial charge >= 0.3 is 0 Å². The third kappa shape index (κ3) is 4.78. The first kappa shape index (κ1) is 20.3. The minimum Gasteiger partial charge on any atom is -0.495 e. The minimum absolute atomic E-state index is 0.103. The second-order valence-corrected chi connectivity index (χ2v) is 8.58. The van der Waals surface area contributed by atoms with E-state index in [0.717, 1.165) is 10.5 Å². The summed E-state index contributed by atoms with van der Waals surface area (Å²) in [5.41, 5.74) is 1.32. The number of amides is 1. The van der Waals surface area contributed by atoms with Crippen LogP contribution in [0.2, 0.25) is 0 Å². The van der Waals surface area contributed by atoms with Gasteiger partial charge in [0, 0.05) is 31.5 Å². The Morgan fingerprint density at radius 2 is 1.85 bits per heavy atom. The number of anilines is 1.